The summed E-state index contributed by atoms with van der Waals surface area (Å²) < 4.78 is 5.73. The van der Waals surface area contributed by atoms with Gasteiger partial charge in [-0.3, -0.25) is 0 Å². The summed E-state index contributed by atoms with van der Waals surface area (Å²) in [6.07, 6.45) is 0. The van der Waals surface area contributed by atoms with E-state index in [9.17, 15) is 0 Å². The third-order valence-corrected chi connectivity index (χ3v) is 3.44. The lowest BCUT2D eigenvalue weighted by molar-refractivity contribution is 0.306. The van der Waals surface area contributed by atoms with E-state index in [1.165, 1.54) is 0 Å². The largest absolute Gasteiger partial charge is 0.489 e. The van der Waals surface area contributed by atoms with Gasteiger partial charge in [0.2, 0.25) is 0 Å². The second kappa shape index (κ2) is 7.56. The van der Waals surface area contributed by atoms with Crippen molar-refractivity contribution in [2.24, 2.45) is 10.2 Å². The van der Waals surface area contributed by atoms with Crippen molar-refractivity contribution in [3.63, 3.8) is 0 Å². The SMILES string of the molecule is Clc1ccc(COc2ccc(N=Nc3ccccc3)cc2)cc1. The average Bonchev–Trinajstić information content (AvgIpc) is 2.61. The van der Waals surface area contributed by atoms with E-state index in [0.717, 1.165) is 27.7 Å². The van der Waals surface area contributed by atoms with Crippen molar-refractivity contribution in [2.75, 3.05) is 0 Å². The van der Waals surface area contributed by atoms with Gasteiger partial charge in [-0.25, -0.2) is 0 Å². The standard InChI is InChI=1S/C19H15ClN2O/c20-16-8-6-15(7-9-16)14-23-19-12-10-18(11-13-19)22-21-17-4-2-1-3-5-17/h1-13H,14H2. The van der Waals surface area contributed by atoms with E-state index in [1.807, 2.05) is 78.9 Å². The van der Waals surface area contributed by atoms with Crippen LogP contribution in [0.4, 0.5) is 11.4 Å². The van der Waals surface area contributed by atoms with Crippen molar-refractivity contribution < 1.29 is 4.74 Å². The smallest absolute Gasteiger partial charge is 0.119 e. The van der Waals surface area contributed by atoms with Gasteiger partial charge in [0, 0.05) is 5.02 Å². The van der Waals surface area contributed by atoms with E-state index < -0.39 is 0 Å². The third kappa shape index (κ3) is 4.66. The number of ether oxygens (including phenoxy) is 1. The number of hydrogen-bond donors (Lipinski definition) is 0. The van der Waals surface area contributed by atoms with E-state index in [1.54, 1.807) is 0 Å². The minimum Gasteiger partial charge on any atom is -0.489 e. The summed E-state index contributed by atoms with van der Waals surface area (Å²) in [6, 6.07) is 24.8. The van der Waals surface area contributed by atoms with Crippen molar-refractivity contribution in [2.45, 2.75) is 6.61 Å². The molecule has 0 unspecified atom stereocenters. The first-order valence-corrected chi connectivity index (χ1v) is 7.61. The van der Waals surface area contributed by atoms with E-state index in [4.69, 9.17) is 16.3 Å². The molecule has 0 radical (unpaired) electrons. The zero-order valence-corrected chi connectivity index (χ0v) is 13.1. The van der Waals surface area contributed by atoms with Crippen molar-refractivity contribution in [3.05, 3.63) is 89.4 Å². The fourth-order valence-corrected chi connectivity index (χ4v) is 2.09. The van der Waals surface area contributed by atoms with Gasteiger partial charge in [0.1, 0.15) is 12.4 Å². The Labute approximate surface area is 140 Å². The highest BCUT2D eigenvalue weighted by atomic mass is 35.5. The van der Waals surface area contributed by atoms with Gasteiger partial charge in [0.15, 0.2) is 0 Å². The molecule has 114 valence electrons. The molecular formula is C19H15ClN2O. The number of hydrogen-bond acceptors (Lipinski definition) is 3. The minimum absolute atomic E-state index is 0.502. The highest BCUT2D eigenvalue weighted by molar-refractivity contribution is 6.30. The Morgan fingerprint density at radius 2 is 1.30 bits per heavy atom. The van der Waals surface area contributed by atoms with Crippen LogP contribution in [0.2, 0.25) is 5.02 Å². The predicted molar refractivity (Wildman–Crippen MR) is 92.8 cm³/mol. The van der Waals surface area contributed by atoms with Crippen LogP contribution >= 0.6 is 11.6 Å². The number of rotatable bonds is 5. The molecule has 0 spiro atoms. The molecule has 4 heteroatoms. The third-order valence-electron chi connectivity index (χ3n) is 3.19. The van der Waals surface area contributed by atoms with Gasteiger partial charge in [-0.1, -0.05) is 41.9 Å². The van der Waals surface area contributed by atoms with Gasteiger partial charge in [0.05, 0.1) is 11.4 Å². The van der Waals surface area contributed by atoms with Crippen LogP contribution < -0.4 is 4.74 Å². The van der Waals surface area contributed by atoms with Crippen molar-refractivity contribution >= 4 is 23.0 Å². The van der Waals surface area contributed by atoms with E-state index >= 15 is 0 Å². The van der Waals surface area contributed by atoms with E-state index in [-0.39, 0.29) is 0 Å². The number of halogens is 1. The molecule has 0 fully saturated rings. The summed E-state index contributed by atoms with van der Waals surface area (Å²) in [7, 11) is 0. The summed E-state index contributed by atoms with van der Waals surface area (Å²) in [4.78, 5) is 0. The summed E-state index contributed by atoms with van der Waals surface area (Å²) in [5, 5.41) is 9.10. The maximum atomic E-state index is 5.86. The zero-order valence-electron chi connectivity index (χ0n) is 12.4. The molecule has 3 aromatic carbocycles. The topological polar surface area (TPSA) is 34.0 Å². The van der Waals surface area contributed by atoms with Crippen LogP contribution in [-0.4, -0.2) is 0 Å². The average molecular weight is 323 g/mol. The zero-order chi connectivity index (χ0) is 15.9. The Balaban J connectivity index is 1.58. The lowest BCUT2D eigenvalue weighted by atomic mass is 10.2. The summed E-state index contributed by atoms with van der Waals surface area (Å²) in [6.45, 7) is 0.502. The molecule has 0 saturated carbocycles. The fraction of sp³-hybridized carbons (Fsp3) is 0.0526. The van der Waals surface area contributed by atoms with Crippen molar-refractivity contribution in [1.29, 1.82) is 0 Å². The molecule has 0 bridgehead atoms. The van der Waals surface area contributed by atoms with Gasteiger partial charge in [0.25, 0.3) is 0 Å². The Kier molecular flexibility index (Phi) is 5.02. The Morgan fingerprint density at radius 3 is 1.96 bits per heavy atom. The molecule has 23 heavy (non-hydrogen) atoms. The van der Waals surface area contributed by atoms with Crippen LogP contribution in [0.25, 0.3) is 0 Å². The lowest BCUT2D eigenvalue weighted by Gasteiger charge is -2.06. The van der Waals surface area contributed by atoms with Gasteiger partial charge in [-0.05, 0) is 54.1 Å². The number of nitrogens with zero attached hydrogens (tertiary/aromatic N) is 2. The van der Waals surface area contributed by atoms with E-state index in [2.05, 4.69) is 10.2 Å². The Hall–Kier alpha value is -2.65. The Bertz CT molecular complexity index is 769. The summed E-state index contributed by atoms with van der Waals surface area (Å²) in [5.41, 5.74) is 2.69. The molecular weight excluding hydrogens is 308 g/mol. The van der Waals surface area contributed by atoms with Crippen LogP contribution in [0.3, 0.4) is 0 Å². The highest BCUT2D eigenvalue weighted by Crippen LogP contribution is 2.22. The summed E-state index contributed by atoms with van der Waals surface area (Å²) >= 11 is 5.86. The van der Waals surface area contributed by atoms with Gasteiger partial charge in [-0.2, -0.15) is 10.2 Å². The second-order valence-electron chi connectivity index (χ2n) is 4.94. The molecule has 3 nitrogen and oxygen atoms in total. The minimum atomic E-state index is 0.502. The molecule has 0 atom stereocenters. The van der Waals surface area contributed by atoms with Crippen LogP contribution in [0.1, 0.15) is 5.56 Å². The molecule has 0 amide bonds. The van der Waals surface area contributed by atoms with Gasteiger partial charge >= 0.3 is 0 Å². The van der Waals surface area contributed by atoms with Gasteiger partial charge in [-0.15, -0.1) is 0 Å². The predicted octanol–water partition coefficient (Wildman–Crippen LogP) is 6.33. The molecule has 0 aliphatic heterocycles. The molecule has 0 saturated heterocycles. The molecule has 0 aliphatic carbocycles. The lowest BCUT2D eigenvalue weighted by Crippen LogP contribution is -1.94. The first-order valence-electron chi connectivity index (χ1n) is 7.24. The first-order chi connectivity index (χ1) is 11.3. The molecule has 0 aromatic heterocycles. The monoisotopic (exact) mass is 322 g/mol. The quantitative estimate of drug-likeness (QED) is 0.505. The molecule has 0 heterocycles. The van der Waals surface area contributed by atoms with Crippen molar-refractivity contribution in [3.8, 4) is 5.75 Å². The van der Waals surface area contributed by atoms with Crippen LogP contribution in [0, 0.1) is 0 Å². The maximum absolute atomic E-state index is 5.86. The molecule has 3 aromatic rings. The number of benzene rings is 3. The molecule has 3 rings (SSSR count). The Morgan fingerprint density at radius 1 is 0.696 bits per heavy atom. The van der Waals surface area contributed by atoms with Crippen LogP contribution in [0.15, 0.2) is 89.1 Å². The van der Waals surface area contributed by atoms with Crippen LogP contribution in [-0.2, 0) is 6.61 Å². The maximum Gasteiger partial charge on any atom is 0.119 e. The number of azo groups is 1. The molecule has 0 N–H and O–H groups in total. The van der Waals surface area contributed by atoms with Crippen LogP contribution in [0.5, 0.6) is 5.75 Å². The normalized spacial score (nSPS) is 10.8. The first kappa shape index (κ1) is 15.3. The van der Waals surface area contributed by atoms with Crippen molar-refractivity contribution in [1.82, 2.24) is 0 Å². The highest BCUT2D eigenvalue weighted by Gasteiger charge is 1.97. The fourth-order valence-electron chi connectivity index (χ4n) is 1.97. The molecule has 0 aliphatic rings. The van der Waals surface area contributed by atoms with Gasteiger partial charge < -0.3 is 4.74 Å². The van der Waals surface area contributed by atoms with E-state index in [0.29, 0.717) is 6.61 Å². The second-order valence-corrected chi connectivity index (χ2v) is 5.38. The summed E-state index contributed by atoms with van der Waals surface area (Å²) in [5.74, 6) is 0.790.